The molecule has 0 bridgehead atoms. The average Bonchev–Trinajstić information content (AvgIpc) is 2.32. The molecule has 0 aromatic heterocycles. The van der Waals surface area contributed by atoms with Crippen LogP contribution in [0.1, 0.15) is 24.8 Å². The third-order valence-electron chi connectivity index (χ3n) is 2.41. The molecule has 1 amide bonds. The van der Waals surface area contributed by atoms with Crippen LogP contribution in [-0.4, -0.2) is 18.3 Å². The van der Waals surface area contributed by atoms with Crippen LogP contribution in [0, 0.1) is 5.82 Å². The summed E-state index contributed by atoms with van der Waals surface area (Å²) in [7, 11) is 0. The van der Waals surface area contributed by atoms with Gasteiger partial charge in [0.25, 0.3) is 0 Å². The van der Waals surface area contributed by atoms with E-state index in [0.29, 0.717) is 18.8 Å². The minimum absolute atomic E-state index is 0.0255. The first kappa shape index (κ1) is 14.0. The number of halogens is 2. The van der Waals surface area contributed by atoms with Gasteiger partial charge in [-0.05, 0) is 30.5 Å². The first-order valence-corrected chi connectivity index (χ1v) is 6.33. The predicted octanol–water partition coefficient (Wildman–Crippen LogP) is 2.89. The Hall–Kier alpha value is -1.09. The van der Waals surface area contributed by atoms with Crippen LogP contribution >= 0.6 is 11.6 Å². The van der Waals surface area contributed by atoms with E-state index in [4.69, 9.17) is 11.6 Å². The number of nitrogens with one attached hydrogen (secondary N) is 1. The Balaban J connectivity index is 2.18. The van der Waals surface area contributed by atoms with Crippen LogP contribution in [0.2, 0.25) is 0 Å². The maximum absolute atomic E-state index is 12.6. The van der Waals surface area contributed by atoms with Gasteiger partial charge in [-0.3, -0.25) is 4.79 Å². The van der Waals surface area contributed by atoms with Gasteiger partial charge >= 0.3 is 0 Å². The zero-order valence-electron chi connectivity index (χ0n) is 9.72. The van der Waals surface area contributed by atoms with Gasteiger partial charge in [0.1, 0.15) is 5.82 Å². The lowest BCUT2D eigenvalue weighted by atomic mass is 10.1. The summed E-state index contributed by atoms with van der Waals surface area (Å²) in [5.74, 6) is 0.362. The van der Waals surface area contributed by atoms with Crippen molar-refractivity contribution in [2.45, 2.75) is 25.7 Å². The van der Waals surface area contributed by atoms with Crippen molar-refractivity contribution in [3.05, 3.63) is 35.6 Å². The standard InChI is InChI=1S/C13H17ClFNO/c14-8-2-1-3-9-16-13(17)10-11-4-6-12(15)7-5-11/h4-7H,1-3,8-10H2,(H,16,17). The minimum Gasteiger partial charge on any atom is -0.356 e. The molecule has 2 nitrogen and oxygen atoms in total. The molecular weight excluding hydrogens is 241 g/mol. The van der Waals surface area contributed by atoms with Crippen LogP contribution in [0.3, 0.4) is 0 Å². The summed E-state index contributed by atoms with van der Waals surface area (Å²) >= 11 is 5.55. The molecule has 1 N–H and O–H groups in total. The van der Waals surface area contributed by atoms with Crippen molar-refractivity contribution >= 4 is 17.5 Å². The Morgan fingerprint density at radius 1 is 1.18 bits per heavy atom. The zero-order valence-corrected chi connectivity index (χ0v) is 10.5. The number of benzene rings is 1. The molecule has 1 rings (SSSR count). The highest BCUT2D eigenvalue weighted by Gasteiger charge is 2.02. The van der Waals surface area contributed by atoms with E-state index in [1.54, 1.807) is 12.1 Å². The summed E-state index contributed by atoms with van der Waals surface area (Å²) in [6.07, 6.45) is 3.26. The number of hydrogen-bond donors (Lipinski definition) is 1. The molecule has 0 unspecified atom stereocenters. The SMILES string of the molecule is O=C(Cc1ccc(F)cc1)NCCCCCCl. The Morgan fingerprint density at radius 3 is 2.53 bits per heavy atom. The van der Waals surface area contributed by atoms with Crippen LogP contribution < -0.4 is 5.32 Å². The minimum atomic E-state index is -0.282. The maximum atomic E-state index is 12.6. The molecule has 0 saturated carbocycles. The van der Waals surface area contributed by atoms with Crippen LogP contribution in [0.5, 0.6) is 0 Å². The highest BCUT2D eigenvalue weighted by Crippen LogP contribution is 2.03. The van der Waals surface area contributed by atoms with Crippen LogP contribution in [0.25, 0.3) is 0 Å². The van der Waals surface area contributed by atoms with E-state index in [-0.39, 0.29) is 11.7 Å². The lowest BCUT2D eigenvalue weighted by molar-refractivity contribution is -0.120. The predicted molar refractivity (Wildman–Crippen MR) is 67.7 cm³/mol. The van der Waals surface area contributed by atoms with Gasteiger partial charge in [0.15, 0.2) is 0 Å². The second kappa shape index (κ2) is 8.07. The fourth-order valence-corrected chi connectivity index (χ4v) is 1.66. The Morgan fingerprint density at radius 2 is 1.88 bits per heavy atom. The molecule has 0 aliphatic carbocycles. The van der Waals surface area contributed by atoms with Gasteiger partial charge < -0.3 is 5.32 Å². The van der Waals surface area contributed by atoms with Gasteiger partial charge in [-0.2, -0.15) is 0 Å². The molecule has 94 valence electrons. The number of carbonyl (C=O) groups excluding carboxylic acids is 1. The Bertz CT molecular complexity index is 340. The largest absolute Gasteiger partial charge is 0.356 e. The lowest BCUT2D eigenvalue weighted by Crippen LogP contribution is -2.26. The Kier molecular flexibility index (Phi) is 6.63. The molecule has 0 aliphatic heterocycles. The van der Waals surface area contributed by atoms with Crippen molar-refractivity contribution in [3.63, 3.8) is 0 Å². The Labute approximate surface area is 106 Å². The van der Waals surface area contributed by atoms with Crippen molar-refractivity contribution in [2.75, 3.05) is 12.4 Å². The number of amides is 1. The van der Waals surface area contributed by atoms with Gasteiger partial charge in [-0.15, -0.1) is 11.6 Å². The molecule has 0 spiro atoms. The third-order valence-corrected chi connectivity index (χ3v) is 2.68. The summed E-state index contributed by atoms with van der Waals surface area (Å²) in [5.41, 5.74) is 0.824. The number of hydrogen-bond acceptors (Lipinski definition) is 1. The summed E-state index contributed by atoms with van der Waals surface area (Å²) in [5, 5.41) is 2.83. The fourth-order valence-electron chi connectivity index (χ4n) is 1.47. The quantitative estimate of drug-likeness (QED) is 0.591. The maximum Gasteiger partial charge on any atom is 0.224 e. The van der Waals surface area contributed by atoms with E-state index >= 15 is 0 Å². The highest BCUT2D eigenvalue weighted by atomic mass is 35.5. The van der Waals surface area contributed by atoms with Gasteiger partial charge in [-0.1, -0.05) is 18.6 Å². The summed E-state index contributed by atoms with van der Waals surface area (Å²) < 4.78 is 12.6. The molecular formula is C13H17ClFNO. The van der Waals surface area contributed by atoms with E-state index < -0.39 is 0 Å². The number of rotatable bonds is 7. The van der Waals surface area contributed by atoms with Gasteiger partial charge in [-0.25, -0.2) is 4.39 Å². The van der Waals surface area contributed by atoms with Crippen molar-refractivity contribution in [1.82, 2.24) is 5.32 Å². The van der Waals surface area contributed by atoms with Crippen molar-refractivity contribution < 1.29 is 9.18 Å². The van der Waals surface area contributed by atoms with Gasteiger partial charge in [0, 0.05) is 12.4 Å². The molecule has 0 saturated heterocycles. The normalized spacial score (nSPS) is 10.2. The summed E-state index contributed by atoms with van der Waals surface area (Å²) in [6.45, 7) is 0.677. The van der Waals surface area contributed by atoms with Gasteiger partial charge in [0.2, 0.25) is 5.91 Å². The molecule has 0 aliphatic rings. The molecule has 0 fully saturated rings. The fraction of sp³-hybridized carbons (Fsp3) is 0.462. The number of alkyl halides is 1. The van der Waals surface area contributed by atoms with E-state index in [2.05, 4.69) is 5.32 Å². The van der Waals surface area contributed by atoms with Gasteiger partial charge in [0.05, 0.1) is 6.42 Å². The first-order valence-electron chi connectivity index (χ1n) is 5.79. The van der Waals surface area contributed by atoms with Crippen molar-refractivity contribution in [1.29, 1.82) is 0 Å². The second-order valence-electron chi connectivity index (χ2n) is 3.90. The van der Waals surface area contributed by atoms with E-state index in [1.807, 2.05) is 0 Å². The van der Waals surface area contributed by atoms with E-state index in [9.17, 15) is 9.18 Å². The smallest absolute Gasteiger partial charge is 0.224 e. The molecule has 4 heteroatoms. The van der Waals surface area contributed by atoms with Crippen LogP contribution in [-0.2, 0) is 11.2 Å². The van der Waals surface area contributed by atoms with Crippen LogP contribution in [0.15, 0.2) is 24.3 Å². The molecule has 0 radical (unpaired) electrons. The molecule has 0 atom stereocenters. The number of unbranched alkanes of at least 4 members (excludes halogenated alkanes) is 2. The summed E-state index contributed by atoms with van der Waals surface area (Å²) in [4.78, 5) is 11.5. The van der Waals surface area contributed by atoms with Crippen molar-refractivity contribution in [2.24, 2.45) is 0 Å². The molecule has 1 aromatic carbocycles. The molecule has 17 heavy (non-hydrogen) atoms. The summed E-state index contributed by atoms with van der Waals surface area (Å²) in [6, 6.07) is 5.98. The number of carbonyl (C=O) groups is 1. The topological polar surface area (TPSA) is 29.1 Å². The first-order chi connectivity index (χ1) is 8.22. The second-order valence-corrected chi connectivity index (χ2v) is 4.28. The highest BCUT2D eigenvalue weighted by molar-refractivity contribution is 6.17. The molecule has 0 heterocycles. The van der Waals surface area contributed by atoms with Crippen LogP contribution in [0.4, 0.5) is 4.39 Å². The lowest BCUT2D eigenvalue weighted by Gasteiger charge is -2.04. The monoisotopic (exact) mass is 257 g/mol. The average molecular weight is 258 g/mol. The van der Waals surface area contributed by atoms with Crippen molar-refractivity contribution in [3.8, 4) is 0 Å². The van der Waals surface area contributed by atoms with E-state index in [0.717, 1.165) is 24.8 Å². The molecule has 1 aromatic rings. The van der Waals surface area contributed by atoms with E-state index in [1.165, 1.54) is 12.1 Å². The third kappa shape index (κ3) is 6.27. The zero-order chi connectivity index (χ0) is 12.5.